The van der Waals surface area contributed by atoms with Gasteiger partial charge in [-0.05, 0) is 37.4 Å². The normalized spacial score (nSPS) is 16.3. The largest absolute Gasteiger partial charge is 0.497 e. The molecule has 9 nitrogen and oxygen atoms in total. The lowest BCUT2D eigenvalue weighted by Gasteiger charge is -2.29. The topological polar surface area (TPSA) is 99.3 Å². The third kappa shape index (κ3) is 6.63. The first-order chi connectivity index (χ1) is 14.2. The van der Waals surface area contributed by atoms with Crippen molar-refractivity contribution in [3.8, 4) is 5.75 Å². The second kappa shape index (κ2) is 11.4. The molecular weight excluding hydrogens is 428 g/mol. The van der Waals surface area contributed by atoms with Crippen LogP contribution in [-0.4, -0.2) is 102 Å². The van der Waals surface area contributed by atoms with Gasteiger partial charge in [-0.3, -0.25) is 0 Å². The molecule has 2 rings (SSSR count). The molecule has 1 aromatic rings. The van der Waals surface area contributed by atoms with Crippen molar-refractivity contribution >= 4 is 20.0 Å². The molecule has 0 aromatic heterocycles. The van der Waals surface area contributed by atoms with E-state index >= 15 is 0 Å². The first-order valence-electron chi connectivity index (χ1n) is 10.3. The van der Waals surface area contributed by atoms with Gasteiger partial charge in [-0.25, -0.2) is 16.8 Å². The summed E-state index contributed by atoms with van der Waals surface area (Å²) in [5, 5.41) is 3.12. The van der Waals surface area contributed by atoms with Crippen LogP contribution in [0.4, 0.5) is 0 Å². The molecular formula is C19H34N4O5S2. The molecule has 0 radical (unpaired) electrons. The average molecular weight is 463 g/mol. The van der Waals surface area contributed by atoms with Gasteiger partial charge in [-0.1, -0.05) is 13.8 Å². The minimum atomic E-state index is -3.84. The molecule has 30 heavy (non-hydrogen) atoms. The lowest BCUT2D eigenvalue weighted by atomic mass is 10.3. The van der Waals surface area contributed by atoms with E-state index in [0.29, 0.717) is 38.5 Å². The number of rotatable bonds is 12. The summed E-state index contributed by atoms with van der Waals surface area (Å²) in [6.07, 6.45) is 0. The first-order valence-corrected chi connectivity index (χ1v) is 13.3. The van der Waals surface area contributed by atoms with Gasteiger partial charge in [0.15, 0.2) is 0 Å². The molecule has 1 N–H and O–H groups in total. The van der Waals surface area contributed by atoms with E-state index in [4.69, 9.17) is 4.74 Å². The summed E-state index contributed by atoms with van der Waals surface area (Å²) in [7, 11) is -5.85. The second-order valence-corrected chi connectivity index (χ2v) is 11.1. The molecule has 0 atom stereocenters. The van der Waals surface area contributed by atoms with Crippen molar-refractivity contribution in [3.63, 3.8) is 0 Å². The van der Waals surface area contributed by atoms with Gasteiger partial charge in [0.2, 0.25) is 20.0 Å². The van der Waals surface area contributed by atoms with Gasteiger partial charge in [0.05, 0.1) is 17.8 Å². The highest BCUT2D eigenvalue weighted by Gasteiger charge is 2.29. The van der Waals surface area contributed by atoms with Crippen LogP contribution in [0.5, 0.6) is 5.75 Å². The van der Waals surface area contributed by atoms with Crippen molar-refractivity contribution in [2.45, 2.75) is 18.7 Å². The van der Waals surface area contributed by atoms with Crippen LogP contribution < -0.4 is 10.1 Å². The maximum absolute atomic E-state index is 13.3. The number of ether oxygens (including phenoxy) is 1. The number of nitrogens with zero attached hydrogens (tertiary/aromatic N) is 3. The van der Waals surface area contributed by atoms with Crippen LogP contribution in [0.1, 0.15) is 13.8 Å². The summed E-state index contributed by atoms with van der Waals surface area (Å²) < 4.78 is 59.8. The van der Waals surface area contributed by atoms with Gasteiger partial charge >= 0.3 is 0 Å². The highest BCUT2D eigenvalue weighted by Crippen LogP contribution is 2.20. The number of benzene rings is 1. The fourth-order valence-electron chi connectivity index (χ4n) is 3.31. The second-order valence-electron chi connectivity index (χ2n) is 7.07. The Balaban J connectivity index is 2.19. The molecule has 1 saturated heterocycles. The molecule has 1 heterocycles. The maximum atomic E-state index is 13.3. The van der Waals surface area contributed by atoms with E-state index in [1.54, 1.807) is 12.1 Å². The molecule has 0 aliphatic carbocycles. The van der Waals surface area contributed by atoms with Crippen LogP contribution in [0.25, 0.3) is 0 Å². The summed E-state index contributed by atoms with van der Waals surface area (Å²) in [6.45, 7) is 8.34. The van der Waals surface area contributed by atoms with Gasteiger partial charge < -0.3 is 15.0 Å². The summed E-state index contributed by atoms with van der Waals surface area (Å²) in [6, 6.07) is 6.16. The van der Waals surface area contributed by atoms with Crippen LogP contribution in [0, 0.1) is 0 Å². The van der Waals surface area contributed by atoms with Crippen LogP contribution in [0.15, 0.2) is 29.2 Å². The number of likely N-dealkylation sites (N-methyl/N-ethyl adjacent to an activating group) is 1. The van der Waals surface area contributed by atoms with Crippen LogP contribution >= 0.6 is 0 Å². The Hall–Kier alpha value is -1.24. The zero-order chi connectivity index (χ0) is 22.2. The minimum absolute atomic E-state index is 0.0815. The fourth-order valence-corrected chi connectivity index (χ4v) is 6.31. The molecule has 0 amide bonds. The summed E-state index contributed by atoms with van der Waals surface area (Å²) >= 11 is 0. The summed E-state index contributed by atoms with van der Waals surface area (Å²) in [5.41, 5.74) is 0. The van der Waals surface area contributed by atoms with Crippen molar-refractivity contribution in [2.24, 2.45) is 0 Å². The van der Waals surface area contributed by atoms with E-state index in [0.717, 1.165) is 13.1 Å². The lowest BCUT2D eigenvalue weighted by molar-refractivity contribution is 0.273. The fraction of sp³-hybridized carbons (Fsp3) is 0.684. The molecule has 1 fully saturated rings. The Kier molecular flexibility index (Phi) is 9.51. The van der Waals surface area contributed by atoms with E-state index in [-0.39, 0.29) is 23.7 Å². The van der Waals surface area contributed by atoms with Crippen molar-refractivity contribution in [1.82, 2.24) is 18.8 Å². The monoisotopic (exact) mass is 462 g/mol. The van der Waals surface area contributed by atoms with E-state index in [2.05, 4.69) is 10.2 Å². The SMILES string of the molecule is CCN(CC)CCN(CCS(=O)(=O)N1CCNCC1)S(=O)(=O)c1ccc(OC)cc1. The zero-order valence-corrected chi connectivity index (χ0v) is 19.7. The summed E-state index contributed by atoms with van der Waals surface area (Å²) in [4.78, 5) is 2.24. The summed E-state index contributed by atoms with van der Waals surface area (Å²) in [5.74, 6) is 0.325. The number of nitrogens with one attached hydrogen (secondary N) is 1. The Morgan fingerprint density at radius 3 is 2.10 bits per heavy atom. The van der Waals surface area contributed by atoms with Gasteiger partial charge in [0.1, 0.15) is 5.75 Å². The standard InChI is InChI=1S/C19H34N4O5S2/c1-4-21(5-2)14-15-23(16-17-29(24,25)22-12-10-20-11-13-22)30(26,27)19-8-6-18(28-3)7-9-19/h6-9,20H,4-5,10-17H2,1-3H3. The quantitative estimate of drug-likeness (QED) is 0.476. The smallest absolute Gasteiger partial charge is 0.243 e. The molecule has 0 unspecified atom stereocenters. The number of methoxy groups -OCH3 is 1. The number of hydrogen-bond acceptors (Lipinski definition) is 7. The van der Waals surface area contributed by atoms with Gasteiger partial charge in [0, 0.05) is 45.8 Å². The number of hydrogen-bond donors (Lipinski definition) is 1. The Morgan fingerprint density at radius 1 is 0.967 bits per heavy atom. The Bertz CT molecular complexity index is 849. The van der Waals surface area contributed by atoms with Crippen molar-refractivity contribution in [2.75, 3.05) is 71.8 Å². The van der Waals surface area contributed by atoms with Crippen LogP contribution in [-0.2, 0) is 20.0 Å². The molecule has 0 bridgehead atoms. The molecule has 0 saturated carbocycles. The predicted octanol–water partition coefficient (Wildman–Crippen LogP) is 0.263. The molecule has 0 spiro atoms. The lowest BCUT2D eigenvalue weighted by Crippen LogP contribution is -2.49. The maximum Gasteiger partial charge on any atom is 0.243 e. The molecule has 11 heteroatoms. The third-order valence-electron chi connectivity index (χ3n) is 5.33. The molecule has 1 aromatic carbocycles. The average Bonchev–Trinajstić information content (AvgIpc) is 2.76. The Morgan fingerprint density at radius 2 is 1.57 bits per heavy atom. The first kappa shape index (κ1) is 25.0. The van der Waals surface area contributed by atoms with Gasteiger partial charge in [-0.2, -0.15) is 8.61 Å². The van der Waals surface area contributed by atoms with Gasteiger partial charge in [-0.15, -0.1) is 0 Å². The van der Waals surface area contributed by atoms with Gasteiger partial charge in [0.25, 0.3) is 0 Å². The number of piperazine rings is 1. The van der Waals surface area contributed by atoms with E-state index in [1.807, 2.05) is 13.8 Å². The van der Waals surface area contributed by atoms with Crippen molar-refractivity contribution in [3.05, 3.63) is 24.3 Å². The number of sulfonamides is 2. The van der Waals surface area contributed by atoms with E-state index < -0.39 is 20.0 Å². The van der Waals surface area contributed by atoms with Crippen LogP contribution in [0.2, 0.25) is 0 Å². The molecule has 1 aliphatic rings. The Labute approximate surface area is 181 Å². The third-order valence-corrected chi connectivity index (χ3v) is 9.09. The van der Waals surface area contributed by atoms with Crippen molar-refractivity contribution < 1.29 is 21.6 Å². The van der Waals surface area contributed by atoms with E-state index in [9.17, 15) is 16.8 Å². The highest BCUT2D eigenvalue weighted by molar-refractivity contribution is 7.90. The minimum Gasteiger partial charge on any atom is -0.497 e. The molecule has 172 valence electrons. The predicted molar refractivity (Wildman–Crippen MR) is 118 cm³/mol. The van der Waals surface area contributed by atoms with E-state index in [1.165, 1.54) is 27.9 Å². The molecule has 1 aliphatic heterocycles. The highest BCUT2D eigenvalue weighted by atomic mass is 32.2. The zero-order valence-electron chi connectivity index (χ0n) is 18.1. The van der Waals surface area contributed by atoms with Crippen LogP contribution in [0.3, 0.4) is 0 Å². The van der Waals surface area contributed by atoms with Crippen molar-refractivity contribution in [1.29, 1.82) is 0 Å².